The lowest BCUT2D eigenvalue weighted by Crippen LogP contribution is -2.03. The van der Waals surface area contributed by atoms with Gasteiger partial charge in [0.05, 0.1) is 22.5 Å². The van der Waals surface area contributed by atoms with E-state index in [4.69, 9.17) is 0 Å². The average molecular weight is 429 g/mol. The number of hydrazone groups is 1. The van der Waals surface area contributed by atoms with Gasteiger partial charge < -0.3 is 0 Å². The van der Waals surface area contributed by atoms with Crippen LogP contribution in [0.25, 0.3) is 21.1 Å². The van der Waals surface area contributed by atoms with Crippen molar-refractivity contribution in [2.24, 2.45) is 5.10 Å². The number of benzene rings is 1. The first-order chi connectivity index (χ1) is 14.5. The fourth-order valence-corrected chi connectivity index (χ4v) is 3.39. The third kappa shape index (κ3) is 4.03. The van der Waals surface area contributed by atoms with E-state index in [2.05, 4.69) is 20.1 Å². The first kappa shape index (κ1) is 19.6. The normalized spacial score (nSPS) is 11.2. The Kier molecular flexibility index (Phi) is 5.48. The number of nitrogens with zero attached hydrogens (tertiary/aromatic N) is 4. The largest absolute Gasteiger partial charge is 0.272 e. The molecule has 0 saturated heterocycles. The highest BCUT2D eigenvalue weighted by Gasteiger charge is 2.18. The summed E-state index contributed by atoms with van der Waals surface area (Å²) in [5, 5.41) is 4.41. The van der Waals surface area contributed by atoms with Crippen molar-refractivity contribution in [3.63, 3.8) is 0 Å². The molecule has 0 aliphatic carbocycles. The van der Waals surface area contributed by atoms with Crippen molar-refractivity contribution in [2.75, 3.05) is 5.43 Å². The second-order valence-corrected chi connectivity index (χ2v) is 6.96. The Balaban J connectivity index is 1.54. The molecule has 0 aliphatic rings. The number of aromatic nitrogens is 3. The minimum absolute atomic E-state index is 0.124. The van der Waals surface area contributed by atoms with Crippen molar-refractivity contribution in [1.29, 1.82) is 0 Å². The number of halogens is 4. The quantitative estimate of drug-likeness (QED) is 0.203. The second-order valence-electron chi connectivity index (χ2n) is 5.93. The van der Waals surface area contributed by atoms with E-state index in [0.717, 1.165) is 15.4 Å². The summed E-state index contributed by atoms with van der Waals surface area (Å²) >= 11 is 1.42. The maximum absolute atomic E-state index is 13.7. The van der Waals surface area contributed by atoms with Crippen LogP contribution in [0, 0.1) is 23.3 Å². The maximum Gasteiger partial charge on any atom is 0.186 e. The van der Waals surface area contributed by atoms with Crippen molar-refractivity contribution in [3.8, 4) is 21.1 Å². The van der Waals surface area contributed by atoms with Crippen LogP contribution >= 0.6 is 11.3 Å². The monoisotopic (exact) mass is 429 g/mol. The van der Waals surface area contributed by atoms with E-state index >= 15 is 0 Å². The molecule has 0 bridgehead atoms. The van der Waals surface area contributed by atoms with Gasteiger partial charge in [-0.15, -0.1) is 11.3 Å². The number of pyridine rings is 2. The number of anilines is 1. The summed E-state index contributed by atoms with van der Waals surface area (Å²) < 4.78 is 53.8. The zero-order valence-electron chi connectivity index (χ0n) is 15.0. The van der Waals surface area contributed by atoms with Crippen LogP contribution in [0.2, 0.25) is 0 Å². The Bertz CT molecular complexity index is 1200. The van der Waals surface area contributed by atoms with E-state index < -0.39 is 29.0 Å². The standard InChI is InChI=1S/C20H11F4N5S/c21-13-7-14(22)18(24)19(17(13)23)29-27-9-12-4-1-5-15(28-12)16-10-26-20(30-16)11-3-2-6-25-8-11/h1-10,29H/b27-9+. The first-order valence-corrected chi connectivity index (χ1v) is 9.30. The Morgan fingerprint density at radius 3 is 2.50 bits per heavy atom. The molecule has 0 unspecified atom stereocenters. The zero-order valence-corrected chi connectivity index (χ0v) is 15.8. The molecule has 3 heterocycles. The molecule has 1 N–H and O–H groups in total. The molecule has 0 radical (unpaired) electrons. The lowest BCUT2D eigenvalue weighted by molar-refractivity contribution is 0.458. The SMILES string of the molecule is Fc1cc(F)c(F)c(N/N=C/c2cccc(-c3cnc(-c4cccnc4)s3)n2)c1F. The van der Waals surface area contributed by atoms with E-state index in [-0.39, 0.29) is 6.07 Å². The van der Waals surface area contributed by atoms with Gasteiger partial charge in [0.25, 0.3) is 0 Å². The molecule has 4 aromatic rings. The van der Waals surface area contributed by atoms with Gasteiger partial charge in [-0.25, -0.2) is 27.5 Å². The summed E-state index contributed by atoms with van der Waals surface area (Å²) in [5.41, 5.74) is 2.80. The average Bonchev–Trinajstić information content (AvgIpc) is 3.26. The van der Waals surface area contributed by atoms with Crippen molar-refractivity contribution in [2.45, 2.75) is 0 Å². The van der Waals surface area contributed by atoms with Gasteiger partial charge in [0.15, 0.2) is 23.3 Å². The molecule has 150 valence electrons. The molecule has 0 atom stereocenters. The van der Waals surface area contributed by atoms with Gasteiger partial charge in [-0.3, -0.25) is 10.4 Å². The van der Waals surface area contributed by atoms with E-state index in [9.17, 15) is 17.6 Å². The van der Waals surface area contributed by atoms with Crippen LogP contribution < -0.4 is 5.43 Å². The number of nitrogens with one attached hydrogen (secondary N) is 1. The lowest BCUT2D eigenvalue weighted by atomic mass is 10.2. The van der Waals surface area contributed by atoms with Crippen LogP contribution in [0.3, 0.4) is 0 Å². The first-order valence-electron chi connectivity index (χ1n) is 8.48. The van der Waals surface area contributed by atoms with E-state index in [1.807, 2.05) is 17.6 Å². The minimum atomic E-state index is -1.57. The predicted molar refractivity (Wildman–Crippen MR) is 106 cm³/mol. The molecule has 0 amide bonds. The highest BCUT2D eigenvalue weighted by Crippen LogP contribution is 2.30. The molecule has 1 aromatic carbocycles. The van der Waals surface area contributed by atoms with Crippen LogP contribution in [0.15, 0.2) is 60.1 Å². The van der Waals surface area contributed by atoms with Gasteiger partial charge in [-0.1, -0.05) is 6.07 Å². The fraction of sp³-hybridized carbons (Fsp3) is 0. The van der Waals surface area contributed by atoms with Gasteiger partial charge >= 0.3 is 0 Å². The predicted octanol–water partition coefficient (Wildman–Crippen LogP) is 5.27. The molecule has 3 aromatic heterocycles. The summed E-state index contributed by atoms with van der Waals surface area (Å²) in [7, 11) is 0. The summed E-state index contributed by atoms with van der Waals surface area (Å²) in [6, 6.07) is 8.93. The molecule has 4 rings (SSSR count). The Morgan fingerprint density at radius 1 is 0.967 bits per heavy atom. The smallest absolute Gasteiger partial charge is 0.186 e. The molecule has 0 aliphatic heterocycles. The van der Waals surface area contributed by atoms with Crippen LogP contribution in [-0.4, -0.2) is 21.2 Å². The van der Waals surface area contributed by atoms with Crippen molar-refractivity contribution in [1.82, 2.24) is 15.0 Å². The van der Waals surface area contributed by atoms with Crippen LogP contribution in [0.1, 0.15) is 5.69 Å². The Labute approximate surface area is 171 Å². The van der Waals surface area contributed by atoms with Crippen LogP contribution in [0.4, 0.5) is 23.2 Å². The number of rotatable bonds is 5. The molecular weight excluding hydrogens is 418 g/mol. The zero-order chi connectivity index (χ0) is 21.1. The Hall–Kier alpha value is -3.66. The van der Waals surface area contributed by atoms with Gasteiger partial charge in [0.1, 0.15) is 10.7 Å². The number of hydrogen-bond donors (Lipinski definition) is 1. The van der Waals surface area contributed by atoms with Crippen molar-refractivity contribution in [3.05, 3.63) is 84.0 Å². The molecule has 5 nitrogen and oxygen atoms in total. The number of hydrogen-bond acceptors (Lipinski definition) is 6. The van der Waals surface area contributed by atoms with E-state index in [1.165, 1.54) is 17.6 Å². The molecule has 0 fully saturated rings. The highest BCUT2D eigenvalue weighted by atomic mass is 32.1. The highest BCUT2D eigenvalue weighted by molar-refractivity contribution is 7.18. The van der Waals surface area contributed by atoms with Gasteiger partial charge in [-0.05, 0) is 24.3 Å². The molecular formula is C20H11F4N5S. The summed E-state index contributed by atoms with van der Waals surface area (Å²) in [6.45, 7) is 0. The third-order valence-electron chi connectivity index (χ3n) is 3.92. The fourth-order valence-electron chi connectivity index (χ4n) is 2.51. The summed E-state index contributed by atoms with van der Waals surface area (Å²) in [5.74, 6) is -6.19. The topological polar surface area (TPSA) is 63.1 Å². The van der Waals surface area contributed by atoms with Gasteiger partial charge in [0.2, 0.25) is 0 Å². The molecule has 0 spiro atoms. The van der Waals surface area contributed by atoms with Crippen LogP contribution in [-0.2, 0) is 0 Å². The van der Waals surface area contributed by atoms with Gasteiger partial charge in [-0.2, -0.15) is 5.10 Å². The Morgan fingerprint density at radius 2 is 1.77 bits per heavy atom. The second kappa shape index (κ2) is 8.37. The minimum Gasteiger partial charge on any atom is -0.272 e. The molecule has 10 heteroatoms. The van der Waals surface area contributed by atoms with E-state index in [0.29, 0.717) is 11.4 Å². The van der Waals surface area contributed by atoms with Gasteiger partial charge in [0, 0.05) is 30.2 Å². The summed E-state index contributed by atoms with van der Waals surface area (Å²) in [6.07, 6.45) is 6.23. The maximum atomic E-state index is 13.7. The molecule has 0 saturated carbocycles. The van der Waals surface area contributed by atoms with Crippen molar-refractivity contribution >= 4 is 23.2 Å². The third-order valence-corrected chi connectivity index (χ3v) is 4.99. The van der Waals surface area contributed by atoms with Crippen LogP contribution in [0.5, 0.6) is 0 Å². The number of thiazole rings is 1. The lowest BCUT2D eigenvalue weighted by Gasteiger charge is -2.05. The van der Waals surface area contributed by atoms with E-state index in [1.54, 1.807) is 36.8 Å². The summed E-state index contributed by atoms with van der Waals surface area (Å²) in [4.78, 5) is 13.6. The van der Waals surface area contributed by atoms with Crippen molar-refractivity contribution < 1.29 is 17.6 Å². The molecule has 30 heavy (non-hydrogen) atoms.